The Kier molecular flexibility index (Phi) is 4.55. The number of morpholine rings is 1. The zero-order valence-electron chi connectivity index (χ0n) is 12.0. The molecule has 4 heteroatoms. The van der Waals surface area contributed by atoms with Crippen molar-refractivity contribution in [3.05, 3.63) is 29.3 Å². The van der Waals surface area contributed by atoms with Crippen LogP contribution in [0.4, 0.5) is 0 Å². The fraction of sp³-hybridized carbons (Fsp3) is 0.625. The molecule has 1 unspecified atom stereocenters. The summed E-state index contributed by atoms with van der Waals surface area (Å²) < 4.78 is 5.36. The summed E-state index contributed by atoms with van der Waals surface area (Å²) in [4.78, 5) is 2.47. The van der Waals surface area contributed by atoms with E-state index in [9.17, 15) is 5.11 Å². The number of phenols is 1. The number of ether oxygens (including phenoxy) is 1. The molecule has 0 aromatic heterocycles. The Morgan fingerprint density at radius 2 is 2.15 bits per heavy atom. The molecule has 1 fully saturated rings. The van der Waals surface area contributed by atoms with E-state index in [0.29, 0.717) is 11.8 Å². The van der Waals surface area contributed by atoms with E-state index in [1.807, 2.05) is 6.07 Å². The van der Waals surface area contributed by atoms with Gasteiger partial charge in [-0.3, -0.25) is 4.90 Å². The van der Waals surface area contributed by atoms with Gasteiger partial charge in [-0.25, -0.2) is 0 Å². The number of nitrogens with one attached hydrogen (secondary N) is 1. The Morgan fingerprint density at radius 3 is 3.00 bits per heavy atom. The summed E-state index contributed by atoms with van der Waals surface area (Å²) in [7, 11) is 0. The fourth-order valence-corrected chi connectivity index (χ4v) is 3.25. The molecule has 0 saturated carbocycles. The lowest BCUT2D eigenvalue weighted by Gasteiger charge is -2.26. The van der Waals surface area contributed by atoms with Crippen LogP contribution in [0.1, 0.15) is 30.0 Å². The van der Waals surface area contributed by atoms with E-state index in [1.165, 1.54) is 12.0 Å². The van der Waals surface area contributed by atoms with E-state index in [-0.39, 0.29) is 0 Å². The summed E-state index contributed by atoms with van der Waals surface area (Å²) in [5.74, 6) is 0.458. The van der Waals surface area contributed by atoms with E-state index < -0.39 is 0 Å². The van der Waals surface area contributed by atoms with Crippen LogP contribution in [0.15, 0.2) is 18.2 Å². The molecule has 110 valence electrons. The summed E-state index contributed by atoms with van der Waals surface area (Å²) >= 11 is 0. The molecule has 1 heterocycles. The molecule has 1 aromatic carbocycles. The Bertz CT molecular complexity index is 444. The Labute approximate surface area is 120 Å². The average molecular weight is 276 g/mol. The van der Waals surface area contributed by atoms with Gasteiger partial charge >= 0.3 is 0 Å². The number of nitrogens with zero attached hydrogens (tertiary/aromatic N) is 1. The molecule has 1 saturated heterocycles. The lowest BCUT2D eigenvalue weighted by Crippen LogP contribution is -2.37. The molecule has 4 nitrogen and oxygen atoms in total. The number of phenolic OH excluding ortho intramolecular Hbond substituents is 1. The number of rotatable bonds is 5. The van der Waals surface area contributed by atoms with Gasteiger partial charge in [-0.05, 0) is 49.5 Å². The van der Waals surface area contributed by atoms with Crippen molar-refractivity contribution < 1.29 is 9.84 Å². The first-order valence-electron chi connectivity index (χ1n) is 7.69. The van der Waals surface area contributed by atoms with Gasteiger partial charge in [0.25, 0.3) is 0 Å². The van der Waals surface area contributed by atoms with E-state index in [0.717, 1.165) is 57.8 Å². The van der Waals surface area contributed by atoms with Crippen LogP contribution >= 0.6 is 0 Å². The van der Waals surface area contributed by atoms with Gasteiger partial charge in [0.2, 0.25) is 0 Å². The SMILES string of the molecule is Oc1cccc2c1CCC2NCCCN1CCOCC1. The number of hydrogen-bond acceptors (Lipinski definition) is 4. The first kappa shape index (κ1) is 13.9. The smallest absolute Gasteiger partial charge is 0.119 e. The minimum atomic E-state index is 0.418. The van der Waals surface area contributed by atoms with Crippen molar-refractivity contribution in [3.8, 4) is 5.75 Å². The highest BCUT2D eigenvalue weighted by Crippen LogP contribution is 2.36. The molecule has 1 atom stereocenters. The van der Waals surface area contributed by atoms with Gasteiger partial charge in [-0.1, -0.05) is 12.1 Å². The zero-order valence-corrected chi connectivity index (χ0v) is 12.0. The fourth-order valence-electron chi connectivity index (χ4n) is 3.25. The summed E-state index contributed by atoms with van der Waals surface area (Å²) in [6.07, 6.45) is 3.26. The molecule has 1 aromatic rings. The van der Waals surface area contributed by atoms with Crippen LogP contribution in [0.25, 0.3) is 0 Å². The third-order valence-electron chi connectivity index (χ3n) is 4.39. The van der Waals surface area contributed by atoms with Crippen molar-refractivity contribution in [1.82, 2.24) is 10.2 Å². The zero-order chi connectivity index (χ0) is 13.8. The van der Waals surface area contributed by atoms with E-state index in [4.69, 9.17) is 4.74 Å². The normalized spacial score (nSPS) is 22.9. The van der Waals surface area contributed by atoms with Crippen molar-refractivity contribution in [1.29, 1.82) is 0 Å². The summed E-state index contributed by atoms with van der Waals surface area (Å²) in [6.45, 7) is 6.08. The molecule has 2 N–H and O–H groups in total. The van der Waals surface area contributed by atoms with E-state index in [2.05, 4.69) is 16.3 Å². The number of hydrogen-bond donors (Lipinski definition) is 2. The minimum Gasteiger partial charge on any atom is -0.508 e. The van der Waals surface area contributed by atoms with Crippen molar-refractivity contribution in [2.45, 2.75) is 25.3 Å². The Hall–Kier alpha value is -1.10. The van der Waals surface area contributed by atoms with Crippen LogP contribution in [0.5, 0.6) is 5.75 Å². The van der Waals surface area contributed by atoms with Crippen molar-refractivity contribution in [3.63, 3.8) is 0 Å². The van der Waals surface area contributed by atoms with Crippen LogP contribution in [-0.4, -0.2) is 49.4 Å². The van der Waals surface area contributed by atoms with Crippen molar-refractivity contribution in [2.75, 3.05) is 39.4 Å². The molecule has 0 radical (unpaired) electrons. The molecule has 2 aliphatic rings. The predicted molar refractivity (Wildman–Crippen MR) is 79.0 cm³/mol. The second kappa shape index (κ2) is 6.57. The molecule has 0 amide bonds. The minimum absolute atomic E-state index is 0.418. The highest BCUT2D eigenvalue weighted by atomic mass is 16.5. The van der Waals surface area contributed by atoms with Gasteiger partial charge in [-0.15, -0.1) is 0 Å². The van der Waals surface area contributed by atoms with Crippen molar-refractivity contribution in [2.24, 2.45) is 0 Å². The second-order valence-corrected chi connectivity index (χ2v) is 5.70. The lowest BCUT2D eigenvalue weighted by molar-refractivity contribution is 0.0374. The third-order valence-corrected chi connectivity index (χ3v) is 4.39. The summed E-state index contributed by atoms with van der Waals surface area (Å²) in [5.41, 5.74) is 2.43. The standard InChI is InChI=1S/C16H24N2O2/c19-16-4-1-3-13-14(16)5-6-15(13)17-7-2-8-18-9-11-20-12-10-18/h1,3-4,15,17,19H,2,5-12H2. The van der Waals surface area contributed by atoms with Gasteiger partial charge in [0.15, 0.2) is 0 Å². The first-order chi connectivity index (χ1) is 9.84. The van der Waals surface area contributed by atoms with Gasteiger partial charge in [0.1, 0.15) is 5.75 Å². The van der Waals surface area contributed by atoms with Gasteiger partial charge in [-0.2, -0.15) is 0 Å². The maximum absolute atomic E-state index is 9.84. The van der Waals surface area contributed by atoms with Crippen LogP contribution in [0.2, 0.25) is 0 Å². The van der Waals surface area contributed by atoms with E-state index >= 15 is 0 Å². The van der Waals surface area contributed by atoms with Gasteiger partial charge < -0.3 is 15.2 Å². The van der Waals surface area contributed by atoms with Crippen LogP contribution in [0, 0.1) is 0 Å². The molecule has 20 heavy (non-hydrogen) atoms. The quantitative estimate of drug-likeness (QED) is 0.803. The second-order valence-electron chi connectivity index (χ2n) is 5.70. The predicted octanol–water partition coefficient (Wildman–Crippen LogP) is 1.69. The molecule has 0 bridgehead atoms. The largest absolute Gasteiger partial charge is 0.508 e. The lowest BCUT2D eigenvalue weighted by atomic mass is 10.1. The molecule has 3 rings (SSSR count). The third kappa shape index (κ3) is 3.14. The summed E-state index contributed by atoms with van der Waals surface area (Å²) in [5, 5.41) is 13.5. The van der Waals surface area contributed by atoms with Crippen LogP contribution in [0.3, 0.4) is 0 Å². The van der Waals surface area contributed by atoms with Gasteiger partial charge in [0, 0.05) is 19.1 Å². The molecular formula is C16H24N2O2. The highest BCUT2D eigenvalue weighted by molar-refractivity contribution is 5.44. The van der Waals surface area contributed by atoms with Crippen molar-refractivity contribution >= 4 is 0 Å². The maximum atomic E-state index is 9.84. The molecule has 1 aliphatic carbocycles. The van der Waals surface area contributed by atoms with E-state index in [1.54, 1.807) is 6.07 Å². The molecule has 0 spiro atoms. The van der Waals surface area contributed by atoms with Gasteiger partial charge in [0.05, 0.1) is 13.2 Å². The van der Waals surface area contributed by atoms with Crippen LogP contribution in [-0.2, 0) is 11.2 Å². The summed E-state index contributed by atoms with van der Waals surface area (Å²) in [6, 6.07) is 6.30. The van der Waals surface area contributed by atoms with Crippen LogP contribution < -0.4 is 5.32 Å². The highest BCUT2D eigenvalue weighted by Gasteiger charge is 2.23. The number of aromatic hydroxyl groups is 1. The first-order valence-corrected chi connectivity index (χ1v) is 7.69. The Morgan fingerprint density at radius 1 is 1.30 bits per heavy atom. The number of benzene rings is 1. The molecule has 1 aliphatic heterocycles. The Balaban J connectivity index is 1.43. The molecular weight excluding hydrogens is 252 g/mol. The maximum Gasteiger partial charge on any atom is 0.119 e. The topological polar surface area (TPSA) is 44.7 Å². The monoisotopic (exact) mass is 276 g/mol. The number of fused-ring (bicyclic) bond motifs is 1. The average Bonchev–Trinajstić information content (AvgIpc) is 2.90.